The molecule has 120 valence electrons. The maximum absolute atomic E-state index is 10.9. The molecule has 0 unspecified atom stereocenters. The van der Waals surface area contributed by atoms with Crippen molar-refractivity contribution in [2.24, 2.45) is 0 Å². The average Bonchev–Trinajstić information content (AvgIpc) is 3.20. The van der Waals surface area contributed by atoms with Crippen molar-refractivity contribution in [2.45, 2.75) is 44.6 Å². The summed E-state index contributed by atoms with van der Waals surface area (Å²) in [6.45, 7) is 8.71. The number of esters is 1. The molecule has 1 fully saturated rings. The number of nitrogens with zero attached hydrogens (tertiary/aromatic N) is 1. The number of ether oxygens (including phenoxy) is 1. The van der Waals surface area contributed by atoms with Crippen molar-refractivity contribution in [3.8, 4) is 0 Å². The highest BCUT2D eigenvalue weighted by Crippen LogP contribution is 2.47. The summed E-state index contributed by atoms with van der Waals surface area (Å²) in [7, 11) is 0. The largest absolute Gasteiger partial charge is 0.481 e. The minimum Gasteiger partial charge on any atom is -0.481 e. The fourth-order valence-corrected chi connectivity index (χ4v) is 1.94. The molecule has 0 aromatic carbocycles. The van der Waals surface area contributed by atoms with Crippen LogP contribution in [-0.4, -0.2) is 27.6 Å². The molecular weight excluding hydrogens is 350 g/mol. The van der Waals surface area contributed by atoms with Crippen LogP contribution in [0.2, 0.25) is 0 Å². The highest BCUT2D eigenvalue weighted by atomic mass is 79.9. The van der Waals surface area contributed by atoms with E-state index in [0.29, 0.717) is 18.5 Å². The van der Waals surface area contributed by atoms with Crippen LogP contribution in [-0.2, 0) is 19.7 Å². The number of carboxylic acids is 1. The number of carbonyl (C=O) groups excluding carboxylic acids is 1. The fraction of sp³-hybridized carbons (Fsp3) is 0.438. The van der Waals surface area contributed by atoms with Gasteiger partial charge in [0.05, 0.1) is 5.69 Å². The molecule has 1 N–H and O–H groups in total. The summed E-state index contributed by atoms with van der Waals surface area (Å²) in [5.41, 5.74) is -0.408. The standard InChI is InChI=1S/C9H8BrNO2.C7H12O2/c10-6-1-2-7(11-5-6)9(3-4-9)8(12)13;1-5-6(8)9-7(2,3)4/h1-2,5H,3-4H2,(H,12,13);5H,1H2,2-4H3. The van der Waals surface area contributed by atoms with E-state index in [4.69, 9.17) is 9.84 Å². The first kappa shape index (κ1) is 18.4. The van der Waals surface area contributed by atoms with Crippen LogP contribution in [0, 0.1) is 0 Å². The van der Waals surface area contributed by atoms with E-state index in [1.165, 1.54) is 0 Å². The maximum Gasteiger partial charge on any atom is 0.330 e. The van der Waals surface area contributed by atoms with Crippen LogP contribution < -0.4 is 0 Å². The van der Waals surface area contributed by atoms with Crippen LogP contribution in [0.1, 0.15) is 39.3 Å². The predicted molar refractivity (Wildman–Crippen MR) is 86.5 cm³/mol. The number of aliphatic carboxylic acids is 1. The van der Waals surface area contributed by atoms with Gasteiger partial charge in [0.2, 0.25) is 0 Å². The number of aromatic nitrogens is 1. The second-order valence-corrected chi connectivity index (χ2v) is 6.90. The Hall–Kier alpha value is -1.69. The lowest BCUT2D eigenvalue weighted by Crippen LogP contribution is -2.22. The minimum atomic E-state index is -0.762. The zero-order valence-electron chi connectivity index (χ0n) is 12.9. The Bertz CT molecular complexity index is 557. The summed E-state index contributed by atoms with van der Waals surface area (Å²) in [6, 6.07) is 3.59. The molecule has 0 amide bonds. The molecule has 0 atom stereocenters. The summed E-state index contributed by atoms with van der Waals surface area (Å²) in [5, 5.41) is 8.97. The van der Waals surface area contributed by atoms with E-state index in [-0.39, 0.29) is 5.97 Å². The second-order valence-electron chi connectivity index (χ2n) is 5.99. The van der Waals surface area contributed by atoms with Gasteiger partial charge in [-0.25, -0.2) is 4.79 Å². The SMILES string of the molecule is C=CC(=O)OC(C)(C)C.O=C(O)C1(c2ccc(Br)cn2)CC1. The molecule has 1 heterocycles. The Morgan fingerprint density at radius 3 is 2.27 bits per heavy atom. The molecule has 6 heteroatoms. The molecule has 5 nitrogen and oxygen atoms in total. The fourth-order valence-electron chi connectivity index (χ4n) is 1.71. The van der Waals surface area contributed by atoms with Crippen LogP contribution in [0.3, 0.4) is 0 Å². The molecule has 1 saturated carbocycles. The van der Waals surface area contributed by atoms with E-state index in [9.17, 15) is 9.59 Å². The third-order valence-electron chi connectivity index (χ3n) is 2.95. The molecule has 1 aromatic rings. The smallest absolute Gasteiger partial charge is 0.330 e. The molecular formula is C16H20BrNO4. The third-order valence-corrected chi connectivity index (χ3v) is 3.42. The van der Waals surface area contributed by atoms with E-state index >= 15 is 0 Å². The number of pyridine rings is 1. The highest BCUT2D eigenvalue weighted by Gasteiger charge is 2.52. The Kier molecular flexibility index (Phi) is 5.88. The molecule has 0 radical (unpaired) electrons. The van der Waals surface area contributed by atoms with E-state index in [1.807, 2.05) is 26.8 Å². The lowest BCUT2D eigenvalue weighted by atomic mass is 10.0. The lowest BCUT2D eigenvalue weighted by molar-refractivity contribution is -0.148. The van der Waals surface area contributed by atoms with Crippen molar-refractivity contribution in [3.05, 3.63) is 41.2 Å². The number of rotatable bonds is 3. The van der Waals surface area contributed by atoms with Crippen LogP contribution in [0.25, 0.3) is 0 Å². The first-order valence-corrected chi connectivity index (χ1v) is 7.61. The lowest BCUT2D eigenvalue weighted by Gasteiger charge is -2.17. The highest BCUT2D eigenvalue weighted by molar-refractivity contribution is 9.10. The minimum absolute atomic E-state index is 0.373. The van der Waals surface area contributed by atoms with Crippen molar-refractivity contribution in [2.75, 3.05) is 0 Å². The molecule has 1 aromatic heterocycles. The maximum atomic E-state index is 10.9. The Labute approximate surface area is 138 Å². The first-order chi connectivity index (χ1) is 10.1. The zero-order valence-corrected chi connectivity index (χ0v) is 14.5. The molecule has 0 bridgehead atoms. The molecule has 1 aliphatic carbocycles. The zero-order chi connectivity index (χ0) is 17.0. The van der Waals surface area contributed by atoms with Gasteiger partial charge in [-0.1, -0.05) is 6.58 Å². The summed E-state index contributed by atoms with van der Waals surface area (Å²) in [5.74, 6) is -1.13. The van der Waals surface area contributed by atoms with Gasteiger partial charge in [0.15, 0.2) is 0 Å². The number of carbonyl (C=O) groups is 2. The molecule has 0 aliphatic heterocycles. The predicted octanol–water partition coefficient (Wildman–Crippen LogP) is 3.47. The van der Waals surface area contributed by atoms with Crippen molar-refractivity contribution in [3.63, 3.8) is 0 Å². The number of hydrogen-bond donors (Lipinski definition) is 1. The van der Waals surface area contributed by atoms with E-state index in [2.05, 4.69) is 27.5 Å². The van der Waals surface area contributed by atoms with Gasteiger partial charge in [0.25, 0.3) is 0 Å². The van der Waals surface area contributed by atoms with Gasteiger partial charge < -0.3 is 9.84 Å². The number of carboxylic acid groups (broad SMARTS) is 1. The molecule has 0 spiro atoms. The van der Waals surface area contributed by atoms with Gasteiger partial charge in [-0.3, -0.25) is 9.78 Å². The summed E-state index contributed by atoms with van der Waals surface area (Å²) < 4.78 is 5.70. The molecule has 2 rings (SSSR count). The topological polar surface area (TPSA) is 76.5 Å². The number of halogens is 1. The van der Waals surface area contributed by atoms with Gasteiger partial charge in [0.1, 0.15) is 11.0 Å². The molecule has 1 aliphatic rings. The first-order valence-electron chi connectivity index (χ1n) is 6.81. The Balaban J connectivity index is 0.000000239. The van der Waals surface area contributed by atoms with Gasteiger partial charge in [0, 0.05) is 16.7 Å². The monoisotopic (exact) mass is 369 g/mol. The Morgan fingerprint density at radius 1 is 1.41 bits per heavy atom. The van der Waals surface area contributed by atoms with Gasteiger partial charge in [-0.2, -0.15) is 0 Å². The van der Waals surface area contributed by atoms with E-state index in [1.54, 1.807) is 12.3 Å². The van der Waals surface area contributed by atoms with Gasteiger partial charge in [-0.15, -0.1) is 0 Å². The normalized spacial score (nSPS) is 15.1. The van der Waals surface area contributed by atoms with Crippen LogP contribution >= 0.6 is 15.9 Å². The van der Waals surface area contributed by atoms with Crippen molar-refractivity contribution in [1.29, 1.82) is 0 Å². The van der Waals surface area contributed by atoms with E-state index in [0.717, 1.165) is 10.5 Å². The van der Waals surface area contributed by atoms with Gasteiger partial charge >= 0.3 is 11.9 Å². The van der Waals surface area contributed by atoms with Crippen LogP contribution in [0.15, 0.2) is 35.5 Å². The summed E-state index contributed by atoms with van der Waals surface area (Å²) >= 11 is 3.26. The summed E-state index contributed by atoms with van der Waals surface area (Å²) in [4.78, 5) is 25.5. The quantitative estimate of drug-likeness (QED) is 0.651. The van der Waals surface area contributed by atoms with Crippen molar-refractivity contribution in [1.82, 2.24) is 4.98 Å². The average molecular weight is 370 g/mol. The van der Waals surface area contributed by atoms with E-state index < -0.39 is 17.0 Å². The third kappa shape index (κ3) is 5.26. The van der Waals surface area contributed by atoms with Crippen LogP contribution in [0.4, 0.5) is 0 Å². The van der Waals surface area contributed by atoms with Gasteiger partial charge in [-0.05, 0) is 61.7 Å². The Morgan fingerprint density at radius 2 is 2.00 bits per heavy atom. The summed E-state index contributed by atoms with van der Waals surface area (Å²) in [6.07, 6.45) is 4.21. The molecule has 0 saturated heterocycles. The molecule has 22 heavy (non-hydrogen) atoms. The van der Waals surface area contributed by atoms with Crippen molar-refractivity contribution < 1.29 is 19.4 Å². The van der Waals surface area contributed by atoms with Crippen molar-refractivity contribution >= 4 is 27.9 Å². The second kappa shape index (κ2) is 7.05. The van der Waals surface area contributed by atoms with Crippen LogP contribution in [0.5, 0.6) is 0 Å². The number of hydrogen-bond acceptors (Lipinski definition) is 4.